The fourth-order valence-electron chi connectivity index (χ4n) is 1.04. The van der Waals surface area contributed by atoms with E-state index in [4.69, 9.17) is 0 Å². The van der Waals surface area contributed by atoms with Gasteiger partial charge in [-0.3, -0.25) is 14.4 Å². The Hall–Kier alpha value is -1.91. The molecule has 0 aliphatic carbocycles. The van der Waals surface area contributed by atoms with Crippen molar-refractivity contribution in [1.29, 1.82) is 0 Å². The number of methoxy groups -OCH3 is 1. The molecule has 17 heavy (non-hydrogen) atoms. The van der Waals surface area contributed by atoms with Gasteiger partial charge in [0.2, 0.25) is 5.91 Å². The average molecular weight is 239 g/mol. The van der Waals surface area contributed by atoms with Gasteiger partial charge in [-0.05, 0) is 19.4 Å². The zero-order valence-electron chi connectivity index (χ0n) is 10.3. The molecule has 1 amide bonds. The molecule has 5 nitrogen and oxygen atoms in total. The van der Waals surface area contributed by atoms with Crippen LogP contribution in [0, 0.1) is 0 Å². The summed E-state index contributed by atoms with van der Waals surface area (Å²) in [5.74, 6) is -1.45. The molecule has 5 heteroatoms. The maximum atomic E-state index is 11.7. The largest absolute Gasteiger partial charge is 0.469 e. The Kier molecular flexibility index (Phi) is 5.88. The SMILES string of the molecule is C=C(C)C(=O)N[C@@H](CC(=O)OC)C(=O)C(=C)C. The molecule has 0 fully saturated rings. The van der Waals surface area contributed by atoms with E-state index < -0.39 is 23.7 Å². The summed E-state index contributed by atoms with van der Waals surface area (Å²) in [5.41, 5.74) is 0.523. The van der Waals surface area contributed by atoms with Crippen molar-refractivity contribution < 1.29 is 19.1 Å². The Morgan fingerprint density at radius 3 is 2.06 bits per heavy atom. The highest BCUT2D eigenvalue weighted by molar-refractivity contribution is 6.04. The van der Waals surface area contributed by atoms with Gasteiger partial charge in [-0.15, -0.1) is 0 Å². The van der Waals surface area contributed by atoms with Gasteiger partial charge in [0.25, 0.3) is 0 Å². The molecule has 0 bridgehead atoms. The monoisotopic (exact) mass is 239 g/mol. The lowest BCUT2D eigenvalue weighted by Gasteiger charge is -2.16. The number of hydrogen-bond acceptors (Lipinski definition) is 4. The lowest BCUT2D eigenvalue weighted by atomic mass is 10.0. The highest BCUT2D eigenvalue weighted by Crippen LogP contribution is 2.04. The third kappa shape index (κ3) is 5.10. The number of rotatable bonds is 6. The lowest BCUT2D eigenvalue weighted by molar-refractivity contribution is -0.142. The molecule has 1 N–H and O–H groups in total. The second kappa shape index (κ2) is 6.62. The third-order valence-corrected chi connectivity index (χ3v) is 2.03. The average Bonchev–Trinajstić information content (AvgIpc) is 2.26. The maximum Gasteiger partial charge on any atom is 0.308 e. The molecular weight excluding hydrogens is 222 g/mol. The molecule has 0 radical (unpaired) electrons. The van der Waals surface area contributed by atoms with Crippen molar-refractivity contribution in [1.82, 2.24) is 5.32 Å². The Morgan fingerprint density at radius 2 is 1.71 bits per heavy atom. The highest BCUT2D eigenvalue weighted by Gasteiger charge is 2.24. The van der Waals surface area contributed by atoms with Gasteiger partial charge in [0.15, 0.2) is 5.78 Å². The summed E-state index contributed by atoms with van der Waals surface area (Å²) < 4.78 is 4.46. The normalized spacial score (nSPS) is 11.2. The van der Waals surface area contributed by atoms with E-state index in [0.29, 0.717) is 0 Å². The van der Waals surface area contributed by atoms with E-state index in [9.17, 15) is 14.4 Å². The molecular formula is C12H17NO4. The molecule has 0 aromatic heterocycles. The number of nitrogens with one attached hydrogen (secondary N) is 1. The Labute approximate surface area is 101 Å². The van der Waals surface area contributed by atoms with Crippen LogP contribution in [0.2, 0.25) is 0 Å². The minimum atomic E-state index is -0.954. The number of Topliss-reactive ketones (excluding diaryl/α,β-unsaturated/α-hetero) is 1. The van der Waals surface area contributed by atoms with E-state index in [1.807, 2.05) is 0 Å². The van der Waals surface area contributed by atoms with Gasteiger partial charge >= 0.3 is 5.97 Å². The fraction of sp³-hybridized carbons (Fsp3) is 0.417. The molecule has 0 saturated carbocycles. The van der Waals surface area contributed by atoms with E-state index in [0.717, 1.165) is 0 Å². The van der Waals surface area contributed by atoms with Gasteiger partial charge in [-0.25, -0.2) is 0 Å². The van der Waals surface area contributed by atoms with Crippen molar-refractivity contribution >= 4 is 17.7 Å². The Balaban J connectivity index is 4.79. The van der Waals surface area contributed by atoms with Crippen molar-refractivity contribution in [2.75, 3.05) is 7.11 Å². The molecule has 0 aliphatic heterocycles. The Bertz CT molecular complexity index is 371. The van der Waals surface area contributed by atoms with Crippen molar-refractivity contribution in [2.24, 2.45) is 0 Å². The summed E-state index contributed by atoms with van der Waals surface area (Å²) in [5, 5.41) is 2.41. The van der Waals surface area contributed by atoms with Crippen LogP contribution >= 0.6 is 0 Å². The molecule has 0 heterocycles. The molecule has 0 aliphatic rings. The zero-order chi connectivity index (χ0) is 13.6. The quantitative estimate of drug-likeness (QED) is 0.548. The van der Waals surface area contributed by atoms with Crippen LogP contribution in [0.25, 0.3) is 0 Å². The minimum Gasteiger partial charge on any atom is -0.469 e. The van der Waals surface area contributed by atoms with Crippen LogP contribution in [0.15, 0.2) is 24.3 Å². The second-order valence-corrected chi connectivity index (χ2v) is 3.73. The van der Waals surface area contributed by atoms with Crippen LogP contribution in [0.1, 0.15) is 20.3 Å². The van der Waals surface area contributed by atoms with Gasteiger partial charge in [0, 0.05) is 5.57 Å². The number of amides is 1. The Morgan fingerprint density at radius 1 is 1.18 bits per heavy atom. The van der Waals surface area contributed by atoms with Crippen molar-refractivity contribution in [2.45, 2.75) is 26.3 Å². The summed E-state index contributed by atoms with van der Waals surface area (Å²) in [7, 11) is 1.21. The van der Waals surface area contributed by atoms with E-state index in [1.54, 1.807) is 0 Å². The van der Waals surface area contributed by atoms with E-state index >= 15 is 0 Å². The number of carbonyl (C=O) groups excluding carboxylic acids is 3. The van der Waals surface area contributed by atoms with Gasteiger partial charge < -0.3 is 10.1 Å². The fourth-order valence-corrected chi connectivity index (χ4v) is 1.04. The topological polar surface area (TPSA) is 72.5 Å². The smallest absolute Gasteiger partial charge is 0.308 e. The summed E-state index contributed by atoms with van der Waals surface area (Å²) in [6.07, 6.45) is -0.221. The number of ketones is 1. The van der Waals surface area contributed by atoms with Crippen LogP contribution in [-0.2, 0) is 19.1 Å². The third-order valence-electron chi connectivity index (χ3n) is 2.03. The highest BCUT2D eigenvalue weighted by atomic mass is 16.5. The molecule has 0 spiro atoms. The first-order valence-electron chi connectivity index (χ1n) is 5.02. The summed E-state index contributed by atoms with van der Waals surface area (Å²) in [6, 6.07) is -0.954. The predicted octanol–water partition coefficient (Wildman–Crippen LogP) is 0.756. The summed E-state index contributed by atoms with van der Waals surface area (Å²) in [6.45, 7) is 9.96. The summed E-state index contributed by atoms with van der Waals surface area (Å²) in [4.78, 5) is 34.2. The molecule has 0 aromatic carbocycles. The van der Waals surface area contributed by atoms with Crippen molar-refractivity contribution in [3.05, 3.63) is 24.3 Å². The van der Waals surface area contributed by atoms with Gasteiger partial charge in [-0.1, -0.05) is 13.2 Å². The van der Waals surface area contributed by atoms with E-state index in [1.165, 1.54) is 21.0 Å². The van der Waals surface area contributed by atoms with Gasteiger partial charge in [0.1, 0.15) is 6.04 Å². The number of hydrogen-bond donors (Lipinski definition) is 1. The van der Waals surface area contributed by atoms with Crippen LogP contribution < -0.4 is 5.32 Å². The summed E-state index contributed by atoms with van der Waals surface area (Å²) >= 11 is 0. The first-order chi connectivity index (χ1) is 7.79. The second-order valence-electron chi connectivity index (χ2n) is 3.73. The minimum absolute atomic E-state index is 0.221. The van der Waals surface area contributed by atoms with Gasteiger partial charge in [-0.2, -0.15) is 0 Å². The molecule has 0 unspecified atom stereocenters. The van der Waals surface area contributed by atoms with Crippen molar-refractivity contribution in [3.63, 3.8) is 0 Å². The standard InChI is InChI=1S/C12H17NO4/c1-7(2)11(15)9(6-10(14)17-5)13-12(16)8(3)4/h9H,1,3,6H2,2,4-5H3,(H,13,16)/t9-/m0/s1. The molecule has 0 aromatic rings. The first-order valence-corrected chi connectivity index (χ1v) is 5.02. The van der Waals surface area contributed by atoms with Gasteiger partial charge in [0.05, 0.1) is 13.5 Å². The van der Waals surface area contributed by atoms with Crippen LogP contribution in [0.5, 0.6) is 0 Å². The number of esters is 1. The van der Waals surface area contributed by atoms with Crippen LogP contribution in [-0.4, -0.2) is 30.8 Å². The maximum absolute atomic E-state index is 11.7. The number of carbonyl (C=O) groups is 3. The lowest BCUT2D eigenvalue weighted by Crippen LogP contribution is -2.43. The first kappa shape index (κ1) is 15.1. The number of ether oxygens (including phenoxy) is 1. The van der Waals surface area contributed by atoms with E-state index in [-0.39, 0.29) is 17.6 Å². The predicted molar refractivity (Wildman–Crippen MR) is 63.2 cm³/mol. The molecule has 1 atom stereocenters. The van der Waals surface area contributed by atoms with E-state index in [2.05, 4.69) is 23.2 Å². The molecule has 94 valence electrons. The van der Waals surface area contributed by atoms with Crippen molar-refractivity contribution in [3.8, 4) is 0 Å². The van der Waals surface area contributed by atoms with Crippen LogP contribution in [0.4, 0.5) is 0 Å². The molecule has 0 saturated heterocycles. The zero-order valence-corrected chi connectivity index (χ0v) is 10.3. The van der Waals surface area contributed by atoms with Crippen LogP contribution in [0.3, 0.4) is 0 Å². The molecule has 0 rings (SSSR count).